The predicted octanol–water partition coefficient (Wildman–Crippen LogP) is 2.30. The van der Waals surface area contributed by atoms with E-state index >= 15 is 0 Å². The predicted molar refractivity (Wildman–Crippen MR) is 83.7 cm³/mol. The molecule has 120 valence electrons. The Kier molecular flexibility index (Phi) is 3.67. The van der Waals surface area contributed by atoms with Crippen molar-refractivity contribution in [1.82, 2.24) is 15.4 Å². The summed E-state index contributed by atoms with van der Waals surface area (Å²) in [4.78, 5) is 26.3. The average Bonchev–Trinajstić information content (AvgIpc) is 2.97. The van der Waals surface area contributed by atoms with Gasteiger partial charge < -0.3 is 9.84 Å². The van der Waals surface area contributed by atoms with E-state index in [-0.39, 0.29) is 11.9 Å². The molecular formula is C17H19N3O3. The highest BCUT2D eigenvalue weighted by Gasteiger charge is 2.48. The summed E-state index contributed by atoms with van der Waals surface area (Å²) in [5, 5.41) is 6.70. The largest absolute Gasteiger partial charge is 0.361 e. The minimum Gasteiger partial charge on any atom is -0.361 e. The van der Waals surface area contributed by atoms with Gasteiger partial charge in [-0.05, 0) is 32.8 Å². The standard InChI is InChI=1S/C17H19N3O3/c1-11-14(12(2)23-19-11)9-10-20-15(21)17(3,18-16(20)22)13-7-5-4-6-8-13/h4-8H,9-10H2,1-3H3,(H,18,22). The average molecular weight is 313 g/mol. The lowest BCUT2D eigenvalue weighted by Gasteiger charge is -2.22. The second-order valence-electron chi connectivity index (χ2n) is 5.93. The third-order valence-corrected chi connectivity index (χ3v) is 4.39. The molecule has 0 saturated carbocycles. The molecule has 1 saturated heterocycles. The second kappa shape index (κ2) is 5.53. The van der Waals surface area contributed by atoms with E-state index in [9.17, 15) is 9.59 Å². The third-order valence-electron chi connectivity index (χ3n) is 4.39. The van der Waals surface area contributed by atoms with E-state index in [4.69, 9.17) is 4.52 Å². The van der Waals surface area contributed by atoms with Gasteiger partial charge in [0, 0.05) is 12.1 Å². The molecule has 1 aromatic carbocycles. The summed E-state index contributed by atoms with van der Waals surface area (Å²) in [7, 11) is 0. The SMILES string of the molecule is Cc1noc(C)c1CCN1C(=O)NC(C)(c2ccccc2)C1=O. The van der Waals surface area contributed by atoms with Gasteiger partial charge in [0.1, 0.15) is 11.3 Å². The molecule has 0 bridgehead atoms. The number of nitrogens with one attached hydrogen (secondary N) is 1. The molecule has 6 nitrogen and oxygen atoms in total. The molecule has 6 heteroatoms. The van der Waals surface area contributed by atoms with Crippen molar-refractivity contribution in [1.29, 1.82) is 0 Å². The molecule has 3 amide bonds. The molecule has 0 radical (unpaired) electrons. The molecule has 0 spiro atoms. The first kappa shape index (κ1) is 15.3. The van der Waals surface area contributed by atoms with E-state index in [0.29, 0.717) is 13.0 Å². The van der Waals surface area contributed by atoms with Crippen LogP contribution in [-0.2, 0) is 16.8 Å². The lowest BCUT2D eigenvalue weighted by molar-refractivity contribution is -0.131. The van der Waals surface area contributed by atoms with E-state index in [1.807, 2.05) is 44.2 Å². The van der Waals surface area contributed by atoms with Crippen LogP contribution in [-0.4, -0.2) is 28.5 Å². The fourth-order valence-corrected chi connectivity index (χ4v) is 2.95. The van der Waals surface area contributed by atoms with Gasteiger partial charge >= 0.3 is 6.03 Å². The van der Waals surface area contributed by atoms with Gasteiger partial charge in [-0.1, -0.05) is 35.5 Å². The number of urea groups is 1. The van der Waals surface area contributed by atoms with Gasteiger partial charge in [0.05, 0.1) is 5.69 Å². The number of benzene rings is 1. The van der Waals surface area contributed by atoms with Gasteiger partial charge in [0.2, 0.25) is 0 Å². The van der Waals surface area contributed by atoms with Gasteiger partial charge in [0.25, 0.3) is 5.91 Å². The summed E-state index contributed by atoms with van der Waals surface area (Å²) >= 11 is 0. The van der Waals surface area contributed by atoms with Crippen LogP contribution < -0.4 is 5.32 Å². The number of nitrogens with zero attached hydrogens (tertiary/aromatic N) is 2. The molecule has 1 aromatic heterocycles. The first-order chi connectivity index (χ1) is 10.9. The zero-order chi connectivity index (χ0) is 16.6. The molecule has 1 N–H and O–H groups in total. The van der Waals surface area contributed by atoms with Crippen LogP contribution in [0.15, 0.2) is 34.9 Å². The van der Waals surface area contributed by atoms with Crippen molar-refractivity contribution < 1.29 is 14.1 Å². The summed E-state index contributed by atoms with van der Waals surface area (Å²) in [5.41, 5.74) is 1.49. The maximum absolute atomic E-state index is 12.8. The highest BCUT2D eigenvalue weighted by atomic mass is 16.5. The quantitative estimate of drug-likeness (QED) is 0.879. The first-order valence-electron chi connectivity index (χ1n) is 7.55. The van der Waals surface area contributed by atoms with Crippen LogP contribution in [0.1, 0.15) is 29.5 Å². The molecule has 1 aliphatic heterocycles. The lowest BCUT2D eigenvalue weighted by Crippen LogP contribution is -2.41. The summed E-state index contributed by atoms with van der Waals surface area (Å²) in [6.07, 6.45) is 0.533. The van der Waals surface area contributed by atoms with E-state index < -0.39 is 5.54 Å². The van der Waals surface area contributed by atoms with Crippen molar-refractivity contribution in [3.63, 3.8) is 0 Å². The molecule has 2 aromatic rings. The summed E-state index contributed by atoms with van der Waals surface area (Å²) in [5.74, 6) is 0.487. The molecule has 23 heavy (non-hydrogen) atoms. The molecule has 3 rings (SSSR count). The molecule has 0 aliphatic carbocycles. The van der Waals surface area contributed by atoms with E-state index in [1.54, 1.807) is 6.92 Å². The van der Waals surface area contributed by atoms with Crippen molar-refractivity contribution in [3.8, 4) is 0 Å². The summed E-state index contributed by atoms with van der Waals surface area (Å²) in [6.45, 7) is 5.72. The Morgan fingerprint density at radius 2 is 1.91 bits per heavy atom. The highest BCUT2D eigenvalue weighted by Crippen LogP contribution is 2.28. The summed E-state index contributed by atoms with van der Waals surface area (Å²) in [6, 6.07) is 8.90. The normalized spacial score (nSPS) is 20.9. The number of carbonyl (C=O) groups excluding carboxylic acids is 2. The fraction of sp³-hybridized carbons (Fsp3) is 0.353. The fourth-order valence-electron chi connectivity index (χ4n) is 2.95. The van der Waals surface area contributed by atoms with Gasteiger partial charge in [0.15, 0.2) is 0 Å². The third kappa shape index (κ3) is 2.50. The van der Waals surface area contributed by atoms with Gasteiger partial charge in [-0.2, -0.15) is 0 Å². The van der Waals surface area contributed by atoms with Crippen molar-refractivity contribution in [2.24, 2.45) is 0 Å². The van der Waals surface area contributed by atoms with Crippen molar-refractivity contribution in [2.75, 3.05) is 6.54 Å². The van der Waals surface area contributed by atoms with Crippen LogP contribution in [0.2, 0.25) is 0 Å². The number of imide groups is 1. The van der Waals surface area contributed by atoms with Crippen LogP contribution in [0.3, 0.4) is 0 Å². The maximum atomic E-state index is 12.8. The van der Waals surface area contributed by atoms with Crippen LogP contribution in [0.4, 0.5) is 4.79 Å². The second-order valence-corrected chi connectivity index (χ2v) is 5.93. The molecule has 1 unspecified atom stereocenters. The van der Waals surface area contributed by atoms with Gasteiger partial charge in [-0.3, -0.25) is 9.69 Å². The Hall–Kier alpha value is -2.63. The van der Waals surface area contributed by atoms with Crippen molar-refractivity contribution >= 4 is 11.9 Å². The number of amides is 3. The zero-order valence-corrected chi connectivity index (χ0v) is 13.4. The van der Waals surface area contributed by atoms with Gasteiger partial charge in [-0.25, -0.2) is 4.79 Å². The number of rotatable bonds is 4. The molecule has 1 atom stereocenters. The van der Waals surface area contributed by atoms with E-state index in [0.717, 1.165) is 22.6 Å². The Morgan fingerprint density at radius 3 is 2.52 bits per heavy atom. The number of hydrogen-bond donors (Lipinski definition) is 1. The smallest absolute Gasteiger partial charge is 0.325 e. The maximum Gasteiger partial charge on any atom is 0.325 e. The lowest BCUT2D eigenvalue weighted by atomic mass is 9.92. The number of hydrogen-bond acceptors (Lipinski definition) is 4. The highest BCUT2D eigenvalue weighted by molar-refractivity contribution is 6.07. The van der Waals surface area contributed by atoms with Crippen LogP contribution in [0.5, 0.6) is 0 Å². The summed E-state index contributed by atoms with van der Waals surface area (Å²) < 4.78 is 5.12. The van der Waals surface area contributed by atoms with Crippen LogP contribution in [0, 0.1) is 13.8 Å². The van der Waals surface area contributed by atoms with E-state index in [2.05, 4.69) is 10.5 Å². The Labute approximate surface area is 134 Å². The number of carbonyl (C=O) groups is 2. The topological polar surface area (TPSA) is 75.4 Å². The van der Waals surface area contributed by atoms with E-state index in [1.165, 1.54) is 4.90 Å². The van der Waals surface area contributed by atoms with Crippen LogP contribution in [0.25, 0.3) is 0 Å². The Bertz CT molecular complexity index is 734. The molecule has 2 heterocycles. The molecular weight excluding hydrogens is 294 g/mol. The minimum atomic E-state index is -1.02. The number of aromatic nitrogens is 1. The van der Waals surface area contributed by atoms with Crippen molar-refractivity contribution in [3.05, 3.63) is 52.9 Å². The van der Waals surface area contributed by atoms with Gasteiger partial charge in [-0.15, -0.1) is 0 Å². The molecule has 1 fully saturated rings. The van der Waals surface area contributed by atoms with Crippen molar-refractivity contribution in [2.45, 2.75) is 32.7 Å². The monoisotopic (exact) mass is 313 g/mol. The van der Waals surface area contributed by atoms with Crippen LogP contribution >= 0.6 is 0 Å². The zero-order valence-electron chi connectivity index (χ0n) is 13.4. The number of aryl methyl sites for hydroxylation is 2. The Balaban J connectivity index is 1.80. The minimum absolute atomic E-state index is 0.236. The molecule has 1 aliphatic rings. The first-order valence-corrected chi connectivity index (χ1v) is 7.55. The Morgan fingerprint density at radius 1 is 1.22 bits per heavy atom.